The topological polar surface area (TPSA) is 104 Å². The van der Waals surface area contributed by atoms with Gasteiger partial charge in [-0.05, 0) is 100.0 Å². The molecular weight excluding hydrogens is 887 g/mol. The predicted octanol–water partition coefficient (Wildman–Crippen LogP) is 12.7. The number of para-hydroxylation sites is 1. The molecule has 12 heteroatoms. The number of carboxylic acid groups (broad SMARTS) is 2. The normalized spacial score (nSPS) is 13.0. The fourth-order valence-electron chi connectivity index (χ4n) is 8.69. The van der Waals surface area contributed by atoms with Crippen molar-refractivity contribution in [3.8, 4) is 33.4 Å². The summed E-state index contributed by atoms with van der Waals surface area (Å²) < 4.78 is 5.30. The third kappa shape index (κ3) is 7.85. The van der Waals surface area contributed by atoms with Crippen molar-refractivity contribution < 1.29 is 19.8 Å². The Labute approximate surface area is 390 Å². The Bertz CT molecular complexity index is 3600. The highest BCUT2D eigenvalue weighted by molar-refractivity contribution is 7.99. The van der Waals surface area contributed by atoms with Crippen molar-refractivity contribution in [3.05, 3.63) is 164 Å². The summed E-state index contributed by atoms with van der Waals surface area (Å²) in [6.45, 7) is 9.96. The maximum atomic E-state index is 13.8. The Morgan fingerprint density at radius 3 is 1.98 bits per heavy atom. The summed E-state index contributed by atoms with van der Waals surface area (Å²) >= 11 is 6.12. The van der Waals surface area contributed by atoms with Crippen LogP contribution in [0.3, 0.4) is 0 Å². The van der Waals surface area contributed by atoms with E-state index in [2.05, 4.69) is 108 Å². The van der Waals surface area contributed by atoms with Crippen LogP contribution in [-0.4, -0.2) is 33.3 Å². The van der Waals surface area contributed by atoms with Crippen LogP contribution in [0.15, 0.2) is 142 Å². The van der Waals surface area contributed by atoms with Gasteiger partial charge < -0.3 is 15.1 Å². The van der Waals surface area contributed by atoms with Crippen molar-refractivity contribution in [2.75, 3.05) is 11.4 Å². The summed E-state index contributed by atoms with van der Waals surface area (Å²) in [5, 5.41) is 21.6. The fourth-order valence-corrected chi connectivity index (χ4v) is 13.6. The van der Waals surface area contributed by atoms with E-state index in [-0.39, 0.29) is 9.20 Å². The number of benzene rings is 6. The smallest absolute Gasteiger partial charge is 0.336 e. The lowest BCUT2D eigenvalue weighted by molar-refractivity contribution is -0.138. The van der Waals surface area contributed by atoms with Gasteiger partial charge in [-0.3, -0.25) is 19.0 Å². The van der Waals surface area contributed by atoms with Crippen LogP contribution in [0.5, 0.6) is 0 Å². The van der Waals surface area contributed by atoms with E-state index in [4.69, 9.17) is 6.57 Å². The Balaban J connectivity index is 1.17. The van der Waals surface area contributed by atoms with Crippen molar-refractivity contribution in [3.63, 3.8) is 0 Å². The van der Waals surface area contributed by atoms with Crippen LogP contribution in [0, 0.1) is 6.57 Å². The van der Waals surface area contributed by atoms with E-state index in [0.29, 0.717) is 5.56 Å². The standard InChI is InChI=1S/C53H39N3O5S4/c1-3-4-5-14-23-55-40-19-12-13-20-42(40)62-45-25-33(21-22-41(45)55)36-27-39-44(29-37(36)32-17-10-7-11-18-32)64-49-38-24-34(35(28-43(38)63-50(39)49)31-15-8-6-9-16-31)26-46-51(59)56(30-47(57)58)52(65-46)48(54-2)53(60)61/h6-13,15-22,24-29H,3-5,14,23,30H2,1H3,(H,57,58)(H,60,61)/b46-26+,52-48-. The molecule has 8 nitrogen and oxygen atoms in total. The predicted molar refractivity (Wildman–Crippen MR) is 269 cm³/mol. The van der Waals surface area contributed by atoms with Gasteiger partial charge in [0.25, 0.3) is 5.56 Å². The van der Waals surface area contributed by atoms with Crippen molar-refractivity contribution in [1.82, 2.24) is 4.57 Å². The molecule has 2 N–H and O–H groups in total. The van der Waals surface area contributed by atoms with E-state index in [1.807, 2.05) is 48.2 Å². The zero-order valence-corrected chi connectivity index (χ0v) is 38.3. The zero-order chi connectivity index (χ0) is 44.8. The van der Waals surface area contributed by atoms with Crippen molar-refractivity contribution in [2.24, 2.45) is 0 Å². The van der Waals surface area contributed by atoms with Crippen LogP contribution in [0.4, 0.5) is 11.4 Å². The largest absolute Gasteiger partial charge is 0.486 e. The number of aromatic nitrogens is 1. The highest BCUT2D eigenvalue weighted by Gasteiger charge is 2.25. The van der Waals surface area contributed by atoms with E-state index in [1.54, 1.807) is 28.7 Å². The van der Waals surface area contributed by atoms with Crippen LogP contribution in [-0.2, 0) is 16.1 Å². The Kier molecular flexibility index (Phi) is 11.5. The average Bonchev–Trinajstić information content (AvgIpc) is 3.95. The third-order valence-corrected chi connectivity index (χ3v) is 16.5. The molecule has 0 fully saturated rings. The number of hydrogen-bond acceptors (Lipinski definition) is 8. The highest BCUT2D eigenvalue weighted by Crippen LogP contribution is 2.52. The van der Waals surface area contributed by atoms with Gasteiger partial charge in [-0.25, -0.2) is 4.85 Å². The summed E-state index contributed by atoms with van der Waals surface area (Å²) in [6, 6.07) is 44.9. The Hall–Kier alpha value is -6.75. The van der Waals surface area contributed by atoms with Gasteiger partial charge in [-0.2, -0.15) is 0 Å². The minimum atomic E-state index is -1.53. The van der Waals surface area contributed by atoms with Crippen LogP contribution >= 0.6 is 45.8 Å². The van der Waals surface area contributed by atoms with Gasteiger partial charge in [-0.1, -0.05) is 117 Å². The lowest BCUT2D eigenvalue weighted by Gasteiger charge is -2.33. The van der Waals surface area contributed by atoms with Gasteiger partial charge in [0.2, 0.25) is 0 Å². The van der Waals surface area contributed by atoms with E-state index in [9.17, 15) is 24.6 Å². The lowest BCUT2D eigenvalue weighted by Crippen LogP contribution is -2.35. The molecule has 3 aromatic heterocycles. The Morgan fingerprint density at radius 2 is 1.31 bits per heavy atom. The number of carboxylic acids is 2. The van der Waals surface area contributed by atoms with E-state index < -0.39 is 29.7 Å². The molecule has 65 heavy (non-hydrogen) atoms. The first-order chi connectivity index (χ1) is 31.7. The lowest BCUT2D eigenvalue weighted by atomic mass is 9.93. The first-order valence-electron chi connectivity index (χ1n) is 21.3. The van der Waals surface area contributed by atoms with Crippen LogP contribution in [0.2, 0.25) is 0 Å². The molecular formula is C53H39N3O5S4. The molecule has 0 saturated carbocycles. The summed E-state index contributed by atoms with van der Waals surface area (Å²) in [5.74, 6) is -2.85. The molecule has 0 amide bonds. The minimum absolute atomic E-state index is 0.131. The first kappa shape index (κ1) is 42.2. The molecule has 320 valence electrons. The highest BCUT2D eigenvalue weighted by atomic mass is 32.2. The van der Waals surface area contributed by atoms with Gasteiger partial charge in [0.05, 0.1) is 31.9 Å². The van der Waals surface area contributed by atoms with Gasteiger partial charge in [0, 0.05) is 36.5 Å². The molecule has 0 aliphatic carbocycles. The summed E-state index contributed by atoms with van der Waals surface area (Å²) in [5.41, 5.74) is 8.22. The number of thiazole rings is 1. The average molecular weight is 926 g/mol. The molecule has 1 aliphatic heterocycles. The van der Waals surface area contributed by atoms with E-state index in [0.717, 1.165) is 91.8 Å². The second-order valence-corrected chi connectivity index (χ2v) is 20.1. The number of thiophene rings is 2. The van der Waals surface area contributed by atoms with Crippen LogP contribution in [0.1, 0.15) is 38.2 Å². The third-order valence-electron chi connectivity index (χ3n) is 11.7. The molecule has 4 heterocycles. The molecule has 0 atom stereocenters. The van der Waals surface area contributed by atoms with Gasteiger partial charge in [-0.15, -0.1) is 34.0 Å². The number of carbonyl (C=O) groups is 2. The number of unbranched alkanes of at least 4 members (excludes halogenated alkanes) is 3. The zero-order valence-electron chi connectivity index (χ0n) is 35.0. The summed E-state index contributed by atoms with van der Waals surface area (Å²) in [6.07, 6.45) is 6.48. The number of fused-ring (bicyclic) bond motifs is 7. The van der Waals surface area contributed by atoms with Crippen molar-refractivity contribution in [2.45, 2.75) is 48.9 Å². The molecule has 0 radical (unpaired) electrons. The quantitative estimate of drug-likeness (QED) is 0.0929. The fraction of sp³-hybridized carbons (Fsp3) is 0.132. The second-order valence-electron chi connectivity index (χ2n) is 15.9. The molecule has 0 bridgehead atoms. The van der Waals surface area contributed by atoms with E-state index >= 15 is 0 Å². The molecule has 0 unspecified atom stereocenters. The van der Waals surface area contributed by atoms with E-state index in [1.165, 1.54) is 40.4 Å². The van der Waals surface area contributed by atoms with Crippen LogP contribution in [0.25, 0.3) is 79.6 Å². The van der Waals surface area contributed by atoms with Crippen molar-refractivity contribution in [1.29, 1.82) is 0 Å². The van der Waals surface area contributed by atoms with Gasteiger partial charge in [0.15, 0.2) is 0 Å². The first-order valence-corrected chi connectivity index (χ1v) is 24.5. The molecule has 0 spiro atoms. The SMILES string of the molecule is [C-]#[N+]/C(C(=O)O)=c1\s/c(=C/c2cc3c(cc2-c2ccccc2)sc2c4cc(-c5ccc6c(c5)Sc5ccccc5N6CCCCCC)c(-c5ccccc5)cc4sc32)c(=O)n1CC(=O)O. The molecule has 6 aromatic carbocycles. The maximum Gasteiger partial charge on any atom is 0.336 e. The van der Waals surface area contributed by atoms with Crippen LogP contribution < -0.4 is 19.7 Å². The molecule has 1 aliphatic rings. The number of nitrogens with zero attached hydrogens (tertiary/aromatic N) is 3. The van der Waals surface area contributed by atoms with Crippen molar-refractivity contribution >= 4 is 110 Å². The maximum absolute atomic E-state index is 13.8. The number of rotatable bonds is 12. The number of hydrogen-bond donors (Lipinski definition) is 2. The molecule has 9 aromatic rings. The second kappa shape index (κ2) is 17.7. The summed E-state index contributed by atoms with van der Waals surface area (Å²) in [4.78, 5) is 45.9. The number of aliphatic carboxylic acids is 2. The van der Waals surface area contributed by atoms with Gasteiger partial charge in [0.1, 0.15) is 11.2 Å². The number of anilines is 2. The van der Waals surface area contributed by atoms with Gasteiger partial charge >= 0.3 is 17.6 Å². The monoisotopic (exact) mass is 925 g/mol. The summed E-state index contributed by atoms with van der Waals surface area (Å²) in [7, 11) is 0. The molecule has 10 rings (SSSR count). The Morgan fingerprint density at radius 1 is 0.677 bits per heavy atom. The molecule has 0 saturated heterocycles. The minimum Gasteiger partial charge on any atom is -0.486 e.